The highest BCUT2D eigenvalue weighted by atomic mass is 35.5. The summed E-state index contributed by atoms with van der Waals surface area (Å²) in [5, 5.41) is 15.4. The third-order valence-corrected chi connectivity index (χ3v) is 9.53. The second-order valence-corrected chi connectivity index (χ2v) is 14.5. The number of furan rings is 1. The molecule has 0 amide bonds. The Bertz CT molecular complexity index is 2780. The number of nitrogens with zero attached hydrogens (tertiary/aromatic N) is 1. The fourth-order valence-electron chi connectivity index (χ4n) is 6.81. The highest BCUT2D eigenvalue weighted by Crippen LogP contribution is 2.43. The van der Waals surface area contributed by atoms with Gasteiger partial charge >= 0.3 is 0 Å². The number of halogens is 2. The lowest BCUT2D eigenvalue weighted by Crippen LogP contribution is -2.14. The van der Waals surface area contributed by atoms with Crippen molar-refractivity contribution in [2.75, 3.05) is 5.73 Å². The SMILES string of the molecule is C.CC.CC(C)(C)ON=O.Cc1ccc(Cl)cc1-c1c(N)c2ccccc2c2ccccc12.Clc1ccc2oc3c4ccccc4c4ccccc4c3c2c1. The van der Waals surface area contributed by atoms with Crippen molar-refractivity contribution < 1.29 is 9.25 Å². The molecule has 0 saturated carbocycles. The summed E-state index contributed by atoms with van der Waals surface area (Å²) < 4.78 is 6.17. The number of hydrogen-bond donors (Lipinski definition) is 1. The molecule has 0 aliphatic rings. The normalized spacial score (nSPS) is 10.9. The molecule has 2 N–H and O–H groups in total. The van der Waals surface area contributed by atoms with E-state index in [1.165, 1.54) is 32.5 Å². The van der Waals surface area contributed by atoms with Crippen LogP contribution in [0, 0.1) is 11.8 Å². The molecule has 0 bridgehead atoms. The molecule has 0 radical (unpaired) electrons. The van der Waals surface area contributed by atoms with E-state index in [1.54, 1.807) is 20.8 Å². The predicted octanol–water partition coefficient (Wildman–Crippen LogP) is 15.9. The Hall–Kier alpha value is -5.62. The first-order valence-corrected chi connectivity index (χ1v) is 18.7. The van der Waals surface area contributed by atoms with Gasteiger partial charge in [-0.2, -0.15) is 0 Å². The van der Waals surface area contributed by atoms with Gasteiger partial charge in [0.05, 0.1) is 0 Å². The van der Waals surface area contributed by atoms with E-state index in [9.17, 15) is 4.91 Å². The van der Waals surface area contributed by atoms with Gasteiger partial charge in [0, 0.05) is 42.8 Å². The van der Waals surface area contributed by atoms with Crippen LogP contribution in [0.25, 0.3) is 76.2 Å². The predicted molar refractivity (Wildman–Crippen MR) is 240 cm³/mol. The number of rotatable bonds is 2. The van der Waals surface area contributed by atoms with Gasteiger partial charge in [-0.1, -0.05) is 148 Å². The van der Waals surface area contributed by atoms with E-state index in [-0.39, 0.29) is 7.43 Å². The van der Waals surface area contributed by atoms with Gasteiger partial charge in [-0.25, -0.2) is 0 Å². The number of nitrogen functional groups attached to an aromatic ring is 1. The molecule has 0 unspecified atom stereocenters. The van der Waals surface area contributed by atoms with E-state index in [2.05, 4.69) is 108 Å². The average molecular weight is 770 g/mol. The maximum Gasteiger partial charge on any atom is 0.155 e. The quantitative estimate of drug-likeness (QED) is 0.0822. The van der Waals surface area contributed by atoms with Crippen LogP contribution in [0.4, 0.5) is 5.69 Å². The molecule has 280 valence electrons. The van der Waals surface area contributed by atoms with Gasteiger partial charge in [0.15, 0.2) is 5.34 Å². The maximum absolute atomic E-state index is 9.35. The molecule has 7 heteroatoms. The van der Waals surface area contributed by atoms with Crippen molar-refractivity contribution in [2.24, 2.45) is 5.34 Å². The van der Waals surface area contributed by atoms with Crippen LogP contribution in [0.2, 0.25) is 10.0 Å². The van der Waals surface area contributed by atoms with Gasteiger partial charge in [0.25, 0.3) is 0 Å². The lowest BCUT2D eigenvalue weighted by atomic mass is 9.89. The lowest BCUT2D eigenvalue weighted by Gasteiger charge is -2.16. The summed E-state index contributed by atoms with van der Waals surface area (Å²) in [7, 11) is 0. The van der Waals surface area contributed by atoms with Gasteiger partial charge < -0.3 is 15.0 Å². The highest BCUT2D eigenvalue weighted by Gasteiger charge is 2.17. The largest absolute Gasteiger partial charge is 0.455 e. The van der Waals surface area contributed by atoms with Crippen LogP contribution < -0.4 is 5.73 Å². The number of aryl methyl sites for hydroxylation is 1. The number of fused-ring (bicyclic) bond motifs is 11. The Labute approximate surface area is 332 Å². The number of hydrogen-bond acceptors (Lipinski definition) is 5. The molecule has 0 aliphatic heterocycles. The van der Waals surface area contributed by atoms with Gasteiger partial charge in [-0.3, -0.25) is 0 Å². The van der Waals surface area contributed by atoms with E-state index in [0.717, 1.165) is 65.0 Å². The van der Waals surface area contributed by atoms with Gasteiger partial charge in [0.1, 0.15) is 16.8 Å². The molecule has 8 aromatic carbocycles. The maximum atomic E-state index is 9.35. The van der Waals surface area contributed by atoms with Crippen LogP contribution in [0.15, 0.2) is 143 Å². The molecule has 9 rings (SSSR count). The van der Waals surface area contributed by atoms with Crippen molar-refractivity contribution >= 4 is 93.9 Å². The minimum Gasteiger partial charge on any atom is -0.455 e. The fourth-order valence-corrected chi connectivity index (χ4v) is 7.16. The van der Waals surface area contributed by atoms with Gasteiger partial charge in [0.2, 0.25) is 0 Å². The summed E-state index contributed by atoms with van der Waals surface area (Å²) >= 11 is 12.5. The highest BCUT2D eigenvalue weighted by molar-refractivity contribution is 6.34. The fraction of sp³-hybridized carbons (Fsp3) is 0.167. The summed E-state index contributed by atoms with van der Waals surface area (Å²) in [6, 6.07) is 45.3. The van der Waals surface area contributed by atoms with Crippen LogP contribution in [-0.4, -0.2) is 5.60 Å². The number of benzene rings is 8. The first-order valence-electron chi connectivity index (χ1n) is 17.9. The molecule has 0 aliphatic carbocycles. The molecular weight excluding hydrogens is 723 g/mol. The second-order valence-electron chi connectivity index (χ2n) is 13.7. The van der Waals surface area contributed by atoms with Crippen LogP contribution in [-0.2, 0) is 4.84 Å². The Morgan fingerprint density at radius 2 is 1.05 bits per heavy atom. The monoisotopic (exact) mass is 768 g/mol. The van der Waals surface area contributed by atoms with E-state index < -0.39 is 5.60 Å². The lowest BCUT2D eigenvalue weighted by molar-refractivity contribution is -0.00230. The minimum absolute atomic E-state index is 0. The molecular formula is C48H46Cl2N2O3. The average Bonchev–Trinajstić information content (AvgIpc) is 3.56. The summed E-state index contributed by atoms with van der Waals surface area (Å²) in [5.74, 6) is 0. The second kappa shape index (κ2) is 17.2. The van der Waals surface area contributed by atoms with Crippen LogP contribution in [0.3, 0.4) is 0 Å². The van der Waals surface area contributed by atoms with E-state index >= 15 is 0 Å². The van der Waals surface area contributed by atoms with Crippen molar-refractivity contribution in [1.82, 2.24) is 0 Å². The topological polar surface area (TPSA) is 77.8 Å². The first-order chi connectivity index (χ1) is 26.1. The minimum atomic E-state index is -0.429. The molecule has 1 heterocycles. The van der Waals surface area contributed by atoms with E-state index in [4.69, 9.17) is 33.4 Å². The molecule has 0 fully saturated rings. The van der Waals surface area contributed by atoms with Crippen LogP contribution >= 0.6 is 23.2 Å². The van der Waals surface area contributed by atoms with Crippen LogP contribution in [0.1, 0.15) is 47.6 Å². The van der Waals surface area contributed by atoms with Gasteiger partial charge in [-0.15, -0.1) is 4.91 Å². The summed E-state index contributed by atoms with van der Waals surface area (Å²) in [5.41, 5.74) is 12.1. The molecule has 9 aromatic rings. The molecule has 55 heavy (non-hydrogen) atoms. The van der Waals surface area contributed by atoms with Crippen molar-refractivity contribution in [1.29, 1.82) is 0 Å². The summed E-state index contributed by atoms with van der Waals surface area (Å²) in [4.78, 5) is 13.6. The molecule has 5 nitrogen and oxygen atoms in total. The summed E-state index contributed by atoms with van der Waals surface area (Å²) in [6.45, 7) is 11.4. The standard InChI is InChI=1S/C21H16ClN.C20H11ClO.C4H9NO2.C2H6.CH4/c1-13-10-11-14(22)12-19(13)20-17-8-4-2-6-15(17)16-7-3-5-9-18(16)21(20)23;21-12-9-10-18-17(11-12)19-15-7-3-1-5-13(15)14-6-2-4-8-16(14)20(19)22-18;1-4(2,3)7-5-6;1-2;/h2-12H,23H2,1H3;1-11H;1-3H3;1-2H3;1H4. The Morgan fingerprint density at radius 3 is 1.62 bits per heavy atom. The van der Waals surface area contributed by atoms with Crippen LogP contribution in [0.5, 0.6) is 0 Å². The van der Waals surface area contributed by atoms with Crippen molar-refractivity contribution in [3.63, 3.8) is 0 Å². The van der Waals surface area contributed by atoms with E-state index in [1.807, 2.05) is 56.3 Å². The smallest absolute Gasteiger partial charge is 0.155 e. The third kappa shape index (κ3) is 8.24. The van der Waals surface area contributed by atoms with E-state index in [0.29, 0.717) is 0 Å². The van der Waals surface area contributed by atoms with Crippen molar-refractivity contribution in [3.8, 4) is 11.1 Å². The first kappa shape index (κ1) is 40.6. The Balaban J connectivity index is 0.000000172. The number of anilines is 1. The Morgan fingerprint density at radius 1 is 0.600 bits per heavy atom. The number of nitrogens with two attached hydrogens (primary N) is 1. The van der Waals surface area contributed by atoms with Crippen molar-refractivity contribution in [3.05, 3.63) is 154 Å². The molecule has 1 aromatic heterocycles. The third-order valence-electron chi connectivity index (χ3n) is 9.06. The molecule has 0 spiro atoms. The Kier molecular flexibility index (Phi) is 12.7. The zero-order valence-corrected chi connectivity index (χ0v) is 32.7. The van der Waals surface area contributed by atoms with Crippen molar-refractivity contribution in [2.45, 2.75) is 54.6 Å². The van der Waals surface area contributed by atoms with Gasteiger partial charge in [-0.05, 0) is 101 Å². The zero-order chi connectivity index (χ0) is 38.6. The molecule has 0 saturated heterocycles. The summed E-state index contributed by atoms with van der Waals surface area (Å²) in [6.07, 6.45) is 0. The molecule has 0 atom stereocenters. The zero-order valence-electron chi connectivity index (χ0n) is 31.2.